The number of hydrogen-bond acceptors (Lipinski definition) is 2. The maximum absolute atomic E-state index is 12.8. The number of nitrogens with zero attached hydrogens (tertiary/aromatic N) is 1. The van der Waals surface area contributed by atoms with Gasteiger partial charge in [0.1, 0.15) is 0 Å². The molecule has 1 N–H and O–H groups in total. The lowest BCUT2D eigenvalue weighted by atomic mass is 10.4. The van der Waals surface area contributed by atoms with Crippen molar-refractivity contribution in [2.75, 3.05) is 6.61 Å². The van der Waals surface area contributed by atoms with Crippen LogP contribution in [0, 0.1) is 5.82 Å². The minimum atomic E-state index is -0.785. The first-order valence-corrected chi connectivity index (χ1v) is 4.61. The maximum atomic E-state index is 12.8. The van der Waals surface area contributed by atoms with Gasteiger partial charge in [0.2, 0.25) is 0 Å². The Morgan fingerprint density at radius 3 is 2.92 bits per heavy atom. The van der Waals surface area contributed by atoms with E-state index < -0.39 is 11.4 Å². The largest absolute Gasteiger partial charge is 0.396 e. The van der Waals surface area contributed by atoms with Crippen LogP contribution in [0.15, 0.2) is 21.5 Å². The number of aliphatic hydroxyl groups excluding tert-OH is 1. The van der Waals surface area contributed by atoms with Gasteiger partial charge in [0.25, 0.3) is 5.56 Å². The average Bonchev–Trinajstić information content (AvgIpc) is 2.09. The van der Waals surface area contributed by atoms with Gasteiger partial charge < -0.3 is 9.67 Å². The van der Waals surface area contributed by atoms with Crippen molar-refractivity contribution in [3.8, 4) is 0 Å². The van der Waals surface area contributed by atoms with E-state index in [1.165, 1.54) is 10.8 Å². The summed E-state index contributed by atoms with van der Waals surface area (Å²) < 4.78 is 14.6. The quantitative estimate of drug-likeness (QED) is 0.873. The van der Waals surface area contributed by atoms with E-state index in [0.29, 0.717) is 17.4 Å². The van der Waals surface area contributed by atoms with Crippen molar-refractivity contribution in [1.82, 2.24) is 4.57 Å². The zero-order valence-electron chi connectivity index (χ0n) is 6.83. The molecule has 0 saturated carbocycles. The fourth-order valence-corrected chi connectivity index (χ4v) is 1.42. The second-order valence-electron chi connectivity index (χ2n) is 2.58. The molecule has 0 aliphatic heterocycles. The van der Waals surface area contributed by atoms with Crippen molar-refractivity contribution in [1.29, 1.82) is 0 Å². The van der Waals surface area contributed by atoms with Gasteiger partial charge in [-0.2, -0.15) is 0 Å². The van der Waals surface area contributed by atoms with Gasteiger partial charge in [-0.3, -0.25) is 4.79 Å². The van der Waals surface area contributed by atoms with Crippen molar-refractivity contribution in [3.63, 3.8) is 0 Å². The van der Waals surface area contributed by atoms with E-state index in [1.54, 1.807) is 0 Å². The second-order valence-corrected chi connectivity index (χ2v) is 3.50. The molecular formula is C8H9BrFNO2. The van der Waals surface area contributed by atoms with Gasteiger partial charge in [-0.15, -0.1) is 0 Å². The molecule has 1 heterocycles. The normalized spacial score (nSPS) is 10.4. The third kappa shape index (κ3) is 2.63. The number of rotatable bonds is 3. The van der Waals surface area contributed by atoms with Crippen LogP contribution in [-0.2, 0) is 6.54 Å². The van der Waals surface area contributed by atoms with Crippen LogP contribution < -0.4 is 5.56 Å². The number of hydrogen-bond donors (Lipinski definition) is 1. The zero-order valence-corrected chi connectivity index (χ0v) is 8.42. The van der Waals surface area contributed by atoms with Crippen LogP contribution in [0.5, 0.6) is 0 Å². The van der Waals surface area contributed by atoms with Crippen molar-refractivity contribution >= 4 is 15.9 Å². The predicted molar refractivity (Wildman–Crippen MR) is 50.1 cm³/mol. The Labute approximate surface area is 82.9 Å². The number of aryl methyl sites for hydroxylation is 1. The lowest BCUT2D eigenvalue weighted by molar-refractivity contribution is 0.278. The molecule has 0 aliphatic rings. The minimum absolute atomic E-state index is 0.0133. The lowest BCUT2D eigenvalue weighted by Gasteiger charge is -2.04. The third-order valence-electron chi connectivity index (χ3n) is 1.57. The number of aliphatic hydroxyl groups is 1. The summed E-state index contributed by atoms with van der Waals surface area (Å²) in [5, 5.41) is 8.54. The standard InChI is InChI=1S/C8H9BrFNO2/c9-6-4-7(10)8(13)11(5-6)2-1-3-12/h4-5,12H,1-3H2. The summed E-state index contributed by atoms with van der Waals surface area (Å²) in [4.78, 5) is 11.1. The molecule has 5 heteroatoms. The molecular weight excluding hydrogens is 241 g/mol. The molecule has 0 saturated heterocycles. The van der Waals surface area contributed by atoms with Crippen LogP contribution in [-0.4, -0.2) is 16.3 Å². The molecule has 1 aromatic heterocycles. The van der Waals surface area contributed by atoms with Crippen LogP contribution in [0.4, 0.5) is 4.39 Å². The first kappa shape index (κ1) is 10.4. The molecule has 0 atom stereocenters. The lowest BCUT2D eigenvalue weighted by Crippen LogP contribution is -2.22. The molecule has 1 rings (SSSR count). The smallest absolute Gasteiger partial charge is 0.286 e. The van der Waals surface area contributed by atoms with Gasteiger partial charge in [-0.25, -0.2) is 4.39 Å². The third-order valence-corrected chi connectivity index (χ3v) is 2.00. The highest BCUT2D eigenvalue weighted by Crippen LogP contribution is 2.07. The molecule has 0 aliphatic carbocycles. The highest BCUT2D eigenvalue weighted by Gasteiger charge is 2.03. The van der Waals surface area contributed by atoms with E-state index in [2.05, 4.69) is 15.9 Å². The van der Waals surface area contributed by atoms with Crippen molar-refractivity contribution in [2.45, 2.75) is 13.0 Å². The van der Waals surface area contributed by atoms with Gasteiger partial charge in [-0.1, -0.05) is 0 Å². The molecule has 1 aromatic rings. The summed E-state index contributed by atoms with van der Waals surface area (Å²) in [6.07, 6.45) is 1.94. The van der Waals surface area contributed by atoms with Crippen molar-refractivity contribution < 1.29 is 9.50 Å². The number of halogens is 2. The van der Waals surface area contributed by atoms with Crippen molar-refractivity contribution in [2.24, 2.45) is 0 Å². The molecule has 0 spiro atoms. The molecule has 0 unspecified atom stereocenters. The Hall–Kier alpha value is -0.680. The van der Waals surface area contributed by atoms with Crippen LogP contribution in [0.1, 0.15) is 6.42 Å². The minimum Gasteiger partial charge on any atom is -0.396 e. The first-order chi connectivity index (χ1) is 6.15. The summed E-state index contributed by atoms with van der Waals surface area (Å²) >= 11 is 3.08. The average molecular weight is 250 g/mol. The van der Waals surface area contributed by atoms with E-state index >= 15 is 0 Å². The Morgan fingerprint density at radius 2 is 2.31 bits per heavy atom. The Kier molecular flexibility index (Phi) is 3.62. The molecule has 0 aromatic carbocycles. The Balaban J connectivity index is 2.99. The summed E-state index contributed by atoms with van der Waals surface area (Å²) in [6, 6.07) is 1.12. The number of aromatic nitrogens is 1. The van der Waals surface area contributed by atoms with Crippen LogP contribution >= 0.6 is 15.9 Å². The molecule has 3 nitrogen and oxygen atoms in total. The highest BCUT2D eigenvalue weighted by molar-refractivity contribution is 9.10. The van der Waals surface area contributed by atoms with Gasteiger partial charge in [0, 0.05) is 23.8 Å². The highest BCUT2D eigenvalue weighted by atomic mass is 79.9. The molecule has 72 valence electrons. The summed E-state index contributed by atoms with van der Waals surface area (Å²) in [5.41, 5.74) is -0.656. The van der Waals surface area contributed by atoms with E-state index in [1.807, 2.05) is 0 Å². The van der Waals surface area contributed by atoms with Crippen LogP contribution in [0.3, 0.4) is 0 Å². The second kappa shape index (κ2) is 4.53. The monoisotopic (exact) mass is 249 g/mol. The first-order valence-electron chi connectivity index (χ1n) is 3.81. The predicted octanol–water partition coefficient (Wildman–Crippen LogP) is 1.13. The van der Waals surface area contributed by atoms with E-state index in [4.69, 9.17) is 5.11 Å². The molecule has 0 bridgehead atoms. The molecule has 0 radical (unpaired) electrons. The zero-order chi connectivity index (χ0) is 9.84. The van der Waals surface area contributed by atoms with Gasteiger partial charge >= 0.3 is 0 Å². The number of pyridine rings is 1. The van der Waals surface area contributed by atoms with Crippen LogP contribution in [0.25, 0.3) is 0 Å². The van der Waals surface area contributed by atoms with Gasteiger partial charge in [-0.05, 0) is 28.4 Å². The SMILES string of the molecule is O=c1c(F)cc(Br)cn1CCCO. The van der Waals surface area contributed by atoms with E-state index in [0.717, 1.165) is 6.07 Å². The molecule has 0 amide bonds. The van der Waals surface area contributed by atoms with Gasteiger partial charge in [0.05, 0.1) is 0 Å². The molecule has 13 heavy (non-hydrogen) atoms. The van der Waals surface area contributed by atoms with Crippen molar-refractivity contribution in [3.05, 3.63) is 32.9 Å². The van der Waals surface area contributed by atoms with E-state index in [9.17, 15) is 9.18 Å². The summed E-state index contributed by atoms with van der Waals surface area (Å²) in [6.45, 7) is 0.312. The topological polar surface area (TPSA) is 42.2 Å². The Morgan fingerprint density at radius 1 is 1.62 bits per heavy atom. The van der Waals surface area contributed by atoms with E-state index in [-0.39, 0.29) is 6.61 Å². The molecule has 0 fully saturated rings. The Bertz CT molecular complexity index is 350. The summed E-state index contributed by atoms with van der Waals surface area (Å²) in [7, 11) is 0. The fourth-order valence-electron chi connectivity index (χ4n) is 0.972. The van der Waals surface area contributed by atoms with Crippen LogP contribution in [0.2, 0.25) is 0 Å². The van der Waals surface area contributed by atoms with Gasteiger partial charge in [0.15, 0.2) is 5.82 Å². The maximum Gasteiger partial charge on any atom is 0.286 e. The summed E-state index contributed by atoms with van der Waals surface area (Å²) in [5.74, 6) is -0.785. The fraction of sp³-hybridized carbons (Fsp3) is 0.375.